The van der Waals surface area contributed by atoms with Gasteiger partial charge in [-0.1, -0.05) is 36.4 Å². The summed E-state index contributed by atoms with van der Waals surface area (Å²) in [5, 5.41) is 19.2. The minimum Gasteiger partial charge on any atom is -0.497 e. The van der Waals surface area contributed by atoms with Crippen LogP contribution in [0.2, 0.25) is 0 Å². The Hall–Kier alpha value is -5.35. The Morgan fingerprint density at radius 2 is 1.51 bits per heavy atom. The van der Waals surface area contributed by atoms with E-state index in [-0.39, 0.29) is 22.0 Å². The van der Waals surface area contributed by atoms with Crippen LogP contribution in [-0.4, -0.2) is 32.4 Å². The van der Waals surface area contributed by atoms with E-state index in [9.17, 15) is 18.3 Å². The highest BCUT2D eigenvalue weighted by Crippen LogP contribution is 2.38. The zero-order chi connectivity index (χ0) is 29.1. The summed E-state index contributed by atoms with van der Waals surface area (Å²) in [6.45, 7) is 0. The van der Waals surface area contributed by atoms with Gasteiger partial charge in [0.1, 0.15) is 23.1 Å². The summed E-state index contributed by atoms with van der Waals surface area (Å²) in [5.41, 5.74) is 7.19. The highest BCUT2D eigenvalue weighted by Gasteiger charge is 2.19. The summed E-state index contributed by atoms with van der Waals surface area (Å²) in [6, 6.07) is 27.8. The molecule has 5 aromatic carbocycles. The number of rotatable bonds is 9. The van der Waals surface area contributed by atoms with Crippen LogP contribution in [0.5, 0.6) is 17.2 Å². The average Bonchev–Trinajstić information content (AvgIpc) is 2.97. The second kappa shape index (κ2) is 11.0. The monoisotopic (exact) mass is 567 g/mol. The second-order valence-corrected chi connectivity index (χ2v) is 10.8. The van der Waals surface area contributed by atoms with Gasteiger partial charge in [-0.15, -0.1) is 0 Å². The van der Waals surface area contributed by atoms with E-state index >= 15 is 0 Å². The number of anilines is 1. The molecular formula is C31H25N3O6S. The number of hydrogen-bond donors (Lipinski definition) is 4. The molecule has 9 nitrogen and oxygen atoms in total. The van der Waals surface area contributed by atoms with Gasteiger partial charge in [-0.3, -0.25) is 10.1 Å². The van der Waals surface area contributed by atoms with Crippen molar-refractivity contribution in [2.45, 2.75) is 4.90 Å². The largest absolute Gasteiger partial charge is 0.497 e. The highest BCUT2D eigenvalue weighted by atomic mass is 32.2. The Labute approximate surface area is 236 Å². The number of sulfonamides is 1. The van der Waals surface area contributed by atoms with Crippen molar-refractivity contribution in [1.82, 2.24) is 0 Å². The quantitative estimate of drug-likeness (QED) is 0.124. The van der Waals surface area contributed by atoms with Gasteiger partial charge in [0.15, 0.2) is 0 Å². The van der Waals surface area contributed by atoms with Crippen LogP contribution in [-0.2, 0) is 10.0 Å². The van der Waals surface area contributed by atoms with Crippen LogP contribution < -0.4 is 19.9 Å². The summed E-state index contributed by atoms with van der Waals surface area (Å²) in [6.07, 6.45) is 0. The number of carboxylic acid groups (broad SMARTS) is 1. The molecule has 0 radical (unpaired) electrons. The molecule has 5 N–H and O–H groups in total. The van der Waals surface area contributed by atoms with Crippen molar-refractivity contribution < 1.29 is 27.8 Å². The molecule has 206 valence electrons. The van der Waals surface area contributed by atoms with Crippen molar-refractivity contribution in [2.24, 2.45) is 5.73 Å². The summed E-state index contributed by atoms with van der Waals surface area (Å²) in [5.74, 6) is 0.157. The molecule has 41 heavy (non-hydrogen) atoms. The highest BCUT2D eigenvalue weighted by molar-refractivity contribution is 7.92. The maximum absolute atomic E-state index is 13.1. The van der Waals surface area contributed by atoms with E-state index in [1.807, 2.05) is 18.2 Å². The predicted molar refractivity (Wildman–Crippen MR) is 158 cm³/mol. The van der Waals surface area contributed by atoms with Gasteiger partial charge in [0.25, 0.3) is 10.0 Å². The first kappa shape index (κ1) is 27.2. The van der Waals surface area contributed by atoms with Crippen LogP contribution in [0.3, 0.4) is 0 Å². The lowest BCUT2D eigenvalue weighted by Gasteiger charge is -2.16. The van der Waals surface area contributed by atoms with Crippen LogP contribution in [0, 0.1) is 5.41 Å². The third-order valence-electron chi connectivity index (χ3n) is 6.40. The molecule has 0 aliphatic rings. The summed E-state index contributed by atoms with van der Waals surface area (Å²) < 4.78 is 40.1. The smallest absolute Gasteiger partial charge is 0.336 e. The number of carbonyl (C=O) groups is 1. The molecule has 0 aliphatic heterocycles. The van der Waals surface area contributed by atoms with Crippen LogP contribution in [0.25, 0.3) is 21.9 Å². The van der Waals surface area contributed by atoms with Crippen LogP contribution >= 0.6 is 0 Å². The molecule has 0 aliphatic carbocycles. The molecule has 0 heterocycles. The lowest BCUT2D eigenvalue weighted by Crippen LogP contribution is -2.13. The van der Waals surface area contributed by atoms with E-state index in [1.165, 1.54) is 25.3 Å². The van der Waals surface area contributed by atoms with Crippen molar-refractivity contribution in [3.8, 4) is 28.4 Å². The Morgan fingerprint density at radius 3 is 2.22 bits per heavy atom. The van der Waals surface area contributed by atoms with E-state index in [2.05, 4.69) is 4.72 Å². The van der Waals surface area contributed by atoms with Crippen molar-refractivity contribution >= 4 is 38.3 Å². The number of amidine groups is 1. The molecule has 0 aromatic heterocycles. The fraction of sp³-hybridized carbons (Fsp3) is 0.0323. The number of nitrogen functional groups attached to an aromatic ring is 1. The molecule has 0 unspecified atom stereocenters. The summed E-state index contributed by atoms with van der Waals surface area (Å²) in [4.78, 5) is 12.1. The van der Waals surface area contributed by atoms with Crippen molar-refractivity contribution in [2.75, 3.05) is 11.8 Å². The molecule has 0 atom stereocenters. The van der Waals surface area contributed by atoms with E-state index in [1.54, 1.807) is 66.7 Å². The van der Waals surface area contributed by atoms with Crippen molar-refractivity contribution in [3.63, 3.8) is 0 Å². The molecule has 0 saturated heterocycles. The predicted octanol–water partition coefficient (Wildman–Crippen LogP) is 6.09. The summed E-state index contributed by atoms with van der Waals surface area (Å²) >= 11 is 0. The average molecular weight is 568 g/mol. The van der Waals surface area contributed by atoms with Gasteiger partial charge < -0.3 is 20.3 Å². The van der Waals surface area contributed by atoms with Gasteiger partial charge >= 0.3 is 5.97 Å². The zero-order valence-corrected chi connectivity index (χ0v) is 22.6. The first-order valence-electron chi connectivity index (χ1n) is 12.3. The van der Waals surface area contributed by atoms with E-state index < -0.39 is 16.0 Å². The lowest BCUT2D eigenvalue weighted by molar-refractivity contribution is 0.0697. The molecule has 0 saturated carbocycles. The zero-order valence-electron chi connectivity index (χ0n) is 21.8. The fourth-order valence-electron chi connectivity index (χ4n) is 4.35. The van der Waals surface area contributed by atoms with Gasteiger partial charge in [0, 0.05) is 16.8 Å². The molecule has 5 rings (SSSR count). The number of aromatic carboxylic acids is 1. The van der Waals surface area contributed by atoms with Crippen molar-refractivity contribution in [3.05, 3.63) is 114 Å². The number of ether oxygens (including phenoxy) is 2. The van der Waals surface area contributed by atoms with E-state index in [4.69, 9.17) is 20.6 Å². The van der Waals surface area contributed by atoms with Crippen molar-refractivity contribution in [1.29, 1.82) is 5.41 Å². The number of carboxylic acids is 1. The van der Waals surface area contributed by atoms with Gasteiger partial charge in [-0.05, 0) is 83.1 Å². The number of benzene rings is 5. The Morgan fingerprint density at radius 1 is 0.829 bits per heavy atom. The molecule has 5 aromatic rings. The minimum atomic E-state index is -3.96. The lowest BCUT2D eigenvalue weighted by atomic mass is 9.98. The Bertz CT molecular complexity index is 1900. The summed E-state index contributed by atoms with van der Waals surface area (Å²) in [7, 11) is -2.47. The van der Waals surface area contributed by atoms with Gasteiger partial charge in [0.05, 0.1) is 17.6 Å². The second-order valence-electron chi connectivity index (χ2n) is 9.08. The first-order chi connectivity index (χ1) is 19.6. The molecule has 0 amide bonds. The molecule has 10 heteroatoms. The SMILES string of the molecule is COc1ccc(S(=O)(=O)Nc2ccc(Oc3ccc4cc(C(=N)N)ccc4c3)c(-c3ccccc3C(=O)O)c2)cc1. The maximum atomic E-state index is 13.1. The normalized spacial score (nSPS) is 11.1. The molecule has 0 spiro atoms. The number of nitrogens with two attached hydrogens (primary N) is 1. The Balaban J connectivity index is 1.55. The maximum Gasteiger partial charge on any atom is 0.336 e. The van der Waals surface area contributed by atoms with Crippen LogP contribution in [0.4, 0.5) is 5.69 Å². The van der Waals surface area contributed by atoms with Gasteiger partial charge in [0.2, 0.25) is 0 Å². The minimum absolute atomic E-state index is 0.0304. The Kier molecular flexibility index (Phi) is 7.32. The number of methoxy groups -OCH3 is 1. The van der Waals surface area contributed by atoms with E-state index in [0.29, 0.717) is 33.9 Å². The number of hydrogen-bond acceptors (Lipinski definition) is 6. The molecular weight excluding hydrogens is 542 g/mol. The van der Waals surface area contributed by atoms with Gasteiger partial charge in [-0.2, -0.15) is 0 Å². The van der Waals surface area contributed by atoms with Gasteiger partial charge in [-0.25, -0.2) is 13.2 Å². The first-order valence-corrected chi connectivity index (χ1v) is 13.8. The molecule has 0 bridgehead atoms. The topological polar surface area (TPSA) is 152 Å². The molecule has 0 fully saturated rings. The number of nitrogens with one attached hydrogen (secondary N) is 2. The fourth-order valence-corrected chi connectivity index (χ4v) is 5.40. The third kappa shape index (κ3) is 5.82. The third-order valence-corrected chi connectivity index (χ3v) is 7.80. The standard InChI is InChI=1S/C31H25N3O6S/c1-39-23-11-13-25(14-12-23)41(37,38)34-22-9-15-29(28(18-22)26-4-2-3-5-27(26)31(35)36)40-24-10-8-19-16-21(30(32)33)7-6-20(19)17-24/h2-18,34H,1H3,(H3,32,33)(H,35,36). The number of fused-ring (bicyclic) bond motifs is 1. The van der Waals surface area contributed by atoms with Crippen LogP contribution in [0.1, 0.15) is 15.9 Å². The van der Waals surface area contributed by atoms with E-state index in [0.717, 1.165) is 10.8 Å². The van der Waals surface area contributed by atoms with Crippen LogP contribution in [0.15, 0.2) is 108 Å².